The van der Waals surface area contributed by atoms with Crippen LogP contribution < -0.4 is 0 Å². The number of alkyl halides is 3. The van der Waals surface area contributed by atoms with E-state index in [1.807, 2.05) is 0 Å². The zero-order chi connectivity index (χ0) is 17.0. The van der Waals surface area contributed by atoms with Gasteiger partial charge >= 0.3 is 6.36 Å². The number of nitrogens with zero attached hydrogens (tertiary/aromatic N) is 4. The minimum absolute atomic E-state index is 0.0797. The molecule has 1 saturated carbocycles. The van der Waals surface area contributed by atoms with E-state index in [0.717, 1.165) is 6.92 Å². The van der Waals surface area contributed by atoms with Gasteiger partial charge in [0, 0.05) is 6.42 Å². The van der Waals surface area contributed by atoms with Crippen LogP contribution in [0.2, 0.25) is 5.15 Å². The lowest BCUT2D eigenvalue weighted by Gasteiger charge is -2.29. The molecule has 0 aromatic carbocycles. The van der Waals surface area contributed by atoms with E-state index < -0.39 is 30.2 Å². The van der Waals surface area contributed by atoms with E-state index in [0.29, 0.717) is 0 Å². The third-order valence-corrected chi connectivity index (χ3v) is 4.29. The van der Waals surface area contributed by atoms with Gasteiger partial charge in [-0.3, -0.25) is 4.74 Å². The third-order valence-electron chi connectivity index (χ3n) is 4.02. The maximum absolute atomic E-state index is 12.5. The highest BCUT2D eigenvalue weighted by molar-refractivity contribution is 6.33. The van der Waals surface area contributed by atoms with Gasteiger partial charge in [-0.2, -0.15) is 0 Å². The second-order valence-corrected chi connectivity index (χ2v) is 5.87. The van der Waals surface area contributed by atoms with Crippen LogP contribution in [0.1, 0.15) is 19.4 Å². The highest BCUT2D eigenvalue weighted by Crippen LogP contribution is 2.43. The zero-order valence-corrected chi connectivity index (χ0v) is 12.5. The molecule has 126 valence electrons. The van der Waals surface area contributed by atoms with E-state index in [1.165, 1.54) is 17.2 Å². The second kappa shape index (κ2) is 5.26. The van der Waals surface area contributed by atoms with E-state index in [4.69, 9.17) is 11.6 Å². The fraction of sp³-hybridized carbons (Fsp3) is 0.583. The average molecular weight is 353 g/mol. The van der Waals surface area contributed by atoms with E-state index in [1.54, 1.807) is 0 Å². The Labute approximate surface area is 132 Å². The first kappa shape index (κ1) is 16.4. The van der Waals surface area contributed by atoms with Crippen molar-refractivity contribution in [3.63, 3.8) is 0 Å². The molecule has 11 heteroatoms. The predicted molar refractivity (Wildman–Crippen MR) is 71.5 cm³/mol. The molecule has 0 saturated heterocycles. The van der Waals surface area contributed by atoms with Crippen LogP contribution in [-0.4, -0.2) is 53.9 Å². The predicted octanol–water partition coefficient (Wildman–Crippen LogP) is 1.44. The molecule has 3 rings (SSSR count). The first-order chi connectivity index (χ1) is 10.6. The molecule has 2 N–H and O–H groups in total. The molecule has 1 aliphatic rings. The highest BCUT2D eigenvalue weighted by atomic mass is 35.5. The van der Waals surface area contributed by atoms with Crippen molar-refractivity contribution in [1.82, 2.24) is 19.5 Å². The topological polar surface area (TPSA) is 93.3 Å². The maximum atomic E-state index is 12.5. The number of fused-ring (bicyclic) bond motifs is 1. The van der Waals surface area contributed by atoms with Crippen LogP contribution in [0, 0.1) is 0 Å². The summed E-state index contributed by atoms with van der Waals surface area (Å²) in [6, 6.07) is -0.909. The summed E-state index contributed by atoms with van der Waals surface area (Å²) in [5, 5.41) is 20.6. The van der Waals surface area contributed by atoms with Crippen LogP contribution in [0.25, 0.3) is 11.2 Å². The fourth-order valence-electron chi connectivity index (χ4n) is 2.83. The molecule has 2 aromatic rings. The Morgan fingerprint density at radius 2 is 2.09 bits per heavy atom. The van der Waals surface area contributed by atoms with Crippen molar-refractivity contribution in [2.75, 3.05) is 0 Å². The first-order valence-corrected chi connectivity index (χ1v) is 6.97. The number of hydrogen-bond donors (Lipinski definition) is 2. The van der Waals surface area contributed by atoms with E-state index in [-0.39, 0.29) is 22.7 Å². The summed E-state index contributed by atoms with van der Waals surface area (Å²) in [6.07, 6.45) is -5.89. The van der Waals surface area contributed by atoms with Gasteiger partial charge in [-0.25, -0.2) is 15.0 Å². The minimum Gasteiger partial charge on any atom is -0.388 e. The lowest BCUT2D eigenvalue weighted by atomic mass is 10.00. The van der Waals surface area contributed by atoms with E-state index >= 15 is 0 Å². The zero-order valence-electron chi connectivity index (χ0n) is 11.7. The number of ether oxygens (including phenoxy) is 1. The van der Waals surface area contributed by atoms with Crippen molar-refractivity contribution >= 4 is 22.8 Å². The molecule has 4 atom stereocenters. The number of aromatic nitrogens is 4. The van der Waals surface area contributed by atoms with Crippen LogP contribution in [0.15, 0.2) is 12.7 Å². The average Bonchev–Trinajstić information content (AvgIpc) is 2.94. The van der Waals surface area contributed by atoms with Gasteiger partial charge in [-0.1, -0.05) is 11.6 Å². The van der Waals surface area contributed by atoms with Gasteiger partial charge in [-0.05, 0) is 6.92 Å². The van der Waals surface area contributed by atoms with Gasteiger partial charge in [0.25, 0.3) is 0 Å². The van der Waals surface area contributed by atoms with E-state index in [2.05, 4.69) is 19.7 Å². The first-order valence-electron chi connectivity index (χ1n) is 6.59. The summed E-state index contributed by atoms with van der Waals surface area (Å²) in [5.41, 5.74) is -1.59. The summed E-state index contributed by atoms with van der Waals surface area (Å²) in [7, 11) is 0. The Hall–Kier alpha value is -1.49. The second-order valence-electron chi connectivity index (χ2n) is 5.51. The van der Waals surface area contributed by atoms with Gasteiger partial charge in [0.1, 0.15) is 23.5 Å². The molecule has 1 aliphatic carbocycles. The van der Waals surface area contributed by atoms with Crippen LogP contribution in [0.4, 0.5) is 13.2 Å². The molecule has 0 spiro atoms. The van der Waals surface area contributed by atoms with Gasteiger partial charge < -0.3 is 14.8 Å². The fourth-order valence-corrected chi connectivity index (χ4v) is 3.00. The molecule has 0 radical (unpaired) electrons. The molecule has 0 unspecified atom stereocenters. The largest absolute Gasteiger partial charge is 0.522 e. The number of aliphatic hydroxyl groups excluding tert-OH is 1. The summed E-state index contributed by atoms with van der Waals surface area (Å²) in [5.74, 6) is 0. The van der Waals surface area contributed by atoms with Crippen molar-refractivity contribution < 1.29 is 28.1 Å². The Balaban J connectivity index is 1.98. The molecule has 0 amide bonds. The Bertz CT molecular complexity index is 736. The smallest absolute Gasteiger partial charge is 0.388 e. The van der Waals surface area contributed by atoms with Crippen molar-refractivity contribution in [1.29, 1.82) is 0 Å². The van der Waals surface area contributed by atoms with Crippen molar-refractivity contribution in [3.05, 3.63) is 17.8 Å². The quantitative estimate of drug-likeness (QED) is 0.794. The summed E-state index contributed by atoms with van der Waals surface area (Å²) >= 11 is 5.87. The summed E-state index contributed by atoms with van der Waals surface area (Å²) in [4.78, 5) is 11.7. The number of aliphatic hydroxyl groups is 2. The Morgan fingerprint density at radius 3 is 2.74 bits per heavy atom. The molecule has 1 fully saturated rings. The van der Waals surface area contributed by atoms with Crippen molar-refractivity contribution in [3.8, 4) is 0 Å². The van der Waals surface area contributed by atoms with Crippen LogP contribution in [0.3, 0.4) is 0 Å². The Kier molecular flexibility index (Phi) is 3.75. The van der Waals surface area contributed by atoms with Crippen molar-refractivity contribution in [2.24, 2.45) is 0 Å². The summed E-state index contributed by atoms with van der Waals surface area (Å²) in [6.45, 7) is 1.09. The van der Waals surface area contributed by atoms with Crippen molar-refractivity contribution in [2.45, 2.75) is 43.6 Å². The standard InChI is InChI=1S/C12H12ClF3N4O3/c1-11(22)6(23-12(14,15)16)2-5(8(11)21)20-4-19-7-9(13)17-3-18-10(7)20/h3-6,8,21-22H,2H2,1H3/t5-,6-,8+,11+/m1/s1. The van der Waals surface area contributed by atoms with Gasteiger partial charge in [0.15, 0.2) is 10.8 Å². The highest BCUT2D eigenvalue weighted by Gasteiger charge is 2.55. The number of hydrogen-bond acceptors (Lipinski definition) is 6. The molecule has 2 aromatic heterocycles. The summed E-state index contributed by atoms with van der Waals surface area (Å²) < 4.78 is 42.8. The maximum Gasteiger partial charge on any atom is 0.522 e. The normalized spacial score (nSPS) is 31.9. The number of rotatable bonds is 2. The lowest BCUT2D eigenvalue weighted by molar-refractivity contribution is -0.358. The van der Waals surface area contributed by atoms with E-state index in [9.17, 15) is 23.4 Å². The monoisotopic (exact) mass is 352 g/mol. The molecule has 2 heterocycles. The number of halogens is 4. The minimum atomic E-state index is -4.92. The van der Waals surface area contributed by atoms with Gasteiger partial charge in [0.2, 0.25) is 0 Å². The molecule has 0 bridgehead atoms. The molecular weight excluding hydrogens is 341 g/mol. The SMILES string of the molecule is C[C@]1(O)[C@H](OC(F)(F)F)C[C@@H](n2cnc3c(Cl)ncnc32)[C@@H]1O. The molecule has 0 aliphatic heterocycles. The van der Waals surface area contributed by atoms with Crippen LogP contribution >= 0.6 is 11.6 Å². The van der Waals surface area contributed by atoms with Gasteiger partial charge in [-0.15, -0.1) is 13.2 Å². The molecule has 23 heavy (non-hydrogen) atoms. The Morgan fingerprint density at radius 1 is 1.39 bits per heavy atom. The third kappa shape index (κ3) is 2.75. The number of imidazole rings is 1. The van der Waals surface area contributed by atoms with Gasteiger partial charge in [0.05, 0.1) is 18.5 Å². The molecule has 7 nitrogen and oxygen atoms in total. The van der Waals surface area contributed by atoms with Crippen LogP contribution in [0.5, 0.6) is 0 Å². The lowest BCUT2D eigenvalue weighted by Crippen LogP contribution is -2.47. The molecular formula is C12H12ClF3N4O3. The van der Waals surface area contributed by atoms with Crippen LogP contribution in [-0.2, 0) is 4.74 Å².